The van der Waals surface area contributed by atoms with E-state index in [0.717, 1.165) is 0 Å². The molecule has 0 fully saturated rings. The van der Waals surface area contributed by atoms with Crippen LogP contribution in [-0.4, -0.2) is 6.61 Å². The zero-order valence-electron chi connectivity index (χ0n) is 5.73. The largest absolute Gasteiger partial charge is 0.435 e. The van der Waals surface area contributed by atoms with Gasteiger partial charge in [0, 0.05) is 10.5 Å². The van der Waals surface area contributed by atoms with E-state index in [4.69, 9.17) is 11.6 Å². The van der Waals surface area contributed by atoms with Crippen LogP contribution in [0.15, 0.2) is 22.7 Å². The maximum Gasteiger partial charge on any atom is 0.387 e. The van der Waals surface area contributed by atoms with E-state index in [0.29, 0.717) is 9.50 Å². The van der Waals surface area contributed by atoms with Gasteiger partial charge in [0.15, 0.2) is 0 Å². The van der Waals surface area contributed by atoms with E-state index in [9.17, 15) is 8.78 Å². The Labute approximate surface area is 81.4 Å². The number of hydrogen-bond donors (Lipinski definition) is 0. The van der Waals surface area contributed by atoms with Gasteiger partial charge in [-0.2, -0.15) is 8.78 Å². The van der Waals surface area contributed by atoms with Crippen LogP contribution in [0.4, 0.5) is 8.78 Å². The minimum atomic E-state index is -2.82. The molecule has 0 saturated carbocycles. The Morgan fingerprint density at radius 2 is 2.08 bits per heavy atom. The van der Waals surface area contributed by atoms with Crippen LogP contribution in [-0.2, 0) is 0 Å². The second kappa shape index (κ2) is 4.05. The molecule has 1 rings (SSSR count). The summed E-state index contributed by atoms with van der Waals surface area (Å²) in [6.07, 6.45) is 0. The molecule has 5 heteroatoms. The smallest absolute Gasteiger partial charge is 0.387 e. The number of ether oxygens (including phenoxy) is 1. The maximum absolute atomic E-state index is 11.7. The standard InChI is InChI=1S/C7H4BrClF2O/c8-5-2-1-4(3-6(5)9)12-7(10)11/h1-3,7H. The highest BCUT2D eigenvalue weighted by Gasteiger charge is 2.05. The Kier molecular flexibility index (Phi) is 3.29. The number of rotatable bonds is 2. The van der Waals surface area contributed by atoms with Gasteiger partial charge in [-0.25, -0.2) is 0 Å². The van der Waals surface area contributed by atoms with Crippen molar-refractivity contribution in [2.75, 3.05) is 0 Å². The highest BCUT2D eigenvalue weighted by Crippen LogP contribution is 2.27. The molecular weight excluding hydrogens is 253 g/mol. The molecule has 0 saturated heterocycles. The summed E-state index contributed by atoms with van der Waals surface area (Å²) in [5.41, 5.74) is 0. The molecule has 0 unspecified atom stereocenters. The molecule has 0 aliphatic carbocycles. The van der Waals surface area contributed by atoms with Crippen molar-refractivity contribution in [1.82, 2.24) is 0 Å². The zero-order chi connectivity index (χ0) is 9.14. The van der Waals surface area contributed by atoms with Gasteiger partial charge >= 0.3 is 6.61 Å². The molecule has 0 aromatic heterocycles. The number of halogens is 4. The topological polar surface area (TPSA) is 9.23 Å². The first-order valence-corrected chi connectivity index (χ1v) is 4.16. The van der Waals surface area contributed by atoms with Crippen molar-refractivity contribution >= 4 is 27.5 Å². The minimum absolute atomic E-state index is 0.0539. The second-order valence-electron chi connectivity index (χ2n) is 1.95. The fourth-order valence-corrected chi connectivity index (χ4v) is 1.07. The van der Waals surface area contributed by atoms with Crippen molar-refractivity contribution in [3.8, 4) is 5.75 Å². The van der Waals surface area contributed by atoms with Crippen molar-refractivity contribution in [3.05, 3.63) is 27.7 Å². The van der Waals surface area contributed by atoms with E-state index in [2.05, 4.69) is 20.7 Å². The summed E-state index contributed by atoms with van der Waals surface area (Å²) >= 11 is 8.75. The van der Waals surface area contributed by atoms with Crippen molar-refractivity contribution < 1.29 is 13.5 Å². The second-order valence-corrected chi connectivity index (χ2v) is 3.22. The van der Waals surface area contributed by atoms with Gasteiger partial charge in [0.1, 0.15) is 5.75 Å². The van der Waals surface area contributed by atoms with Crippen LogP contribution in [0.1, 0.15) is 0 Å². The van der Waals surface area contributed by atoms with E-state index < -0.39 is 6.61 Å². The summed E-state index contributed by atoms with van der Waals surface area (Å²) < 4.78 is 28.1. The molecule has 0 aliphatic rings. The van der Waals surface area contributed by atoms with Gasteiger partial charge in [-0.1, -0.05) is 11.6 Å². The van der Waals surface area contributed by atoms with Crippen LogP contribution >= 0.6 is 27.5 Å². The highest BCUT2D eigenvalue weighted by atomic mass is 79.9. The third kappa shape index (κ3) is 2.60. The third-order valence-corrected chi connectivity index (χ3v) is 2.35. The van der Waals surface area contributed by atoms with Gasteiger partial charge in [0.05, 0.1) is 5.02 Å². The monoisotopic (exact) mass is 256 g/mol. The van der Waals surface area contributed by atoms with Crippen LogP contribution in [0, 0.1) is 0 Å². The molecule has 0 spiro atoms. The first kappa shape index (κ1) is 9.74. The lowest BCUT2D eigenvalue weighted by molar-refractivity contribution is -0.0498. The van der Waals surface area contributed by atoms with Crippen LogP contribution < -0.4 is 4.74 Å². The molecule has 0 bridgehead atoms. The molecule has 1 nitrogen and oxygen atoms in total. The summed E-state index contributed by atoms with van der Waals surface area (Å²) in [6, 6.07) is 4.26. The predicted molar refractivity (Wildman–Crippen MR) is 45.8 cm³/mol. The van der Waals surface area contributed by atoms with E-state index in [1.165, 1.54) is 12.1 Å². The molecule has 0 amide bonds. The average Bonchev–Trinajstić information content (AvgIpc) is 1.96. The summed E-state index contributed by atoms with van der Waals surface area (Å²) in [4.78, 5) is 0. The van der Waals surface area contributed by atoms with Crippen LogP contribution in [0.25, 0.3) is 0 Å². The van der Waals surface area contributed by atoms with Gasteiger partial charge in [-0.05, 0) is 28.1 Å². The first-order chi connectivity index (χ1) is 5.59. The number of hydrogen-bond acceptors (Lipinski definition) is 1. The highest BCUT2D eigenvalue weighted by molar-refractivity contribution is 9.10. The minimum Gasteiger partial charge on any atom is -0.435 e. The Balaban J connectivity index is 2.82. The molecule has 0 aliphatic heterocycles. The van der Waals surface area contributed by atoms with Crippen LogP contribution in [0.3, 0.4) is 0 Å². The maximum atomic E-state index is 11.7. The van der Waals surface area contributed by atoms with Gasteiger partial charge in [0.2, 0.25) is 0 Å². The normalized spacial score (nSPS) is 10.4. The molecule has 12 heavy (non-hydrogen) atoms. The molecular formula is C7H4BrClF2O. The summed E-state index contributed by atoms with van der Waals surface area (Å²) in [6.45, 7) is -2.82. The fraction of sp³-hybridized carbons (Fsp3) is 0.143. The summed E-state index contributed by atoms with van der Waals surface area (Å²) in [7, 11) is 0. The molecule has 1 aromatic carbocycles. The summed E-state index contributed by atoms with van der Waals surface area (Å²) in [5.74, 6) is 0.0539. The lowest BCUT2D eigenvalue weighted by Gasteiger charge is -2.04. The molecule has 0 atom stereocenters. The quantitative estimate of drug-likeness (QED) is 0.785. The average molecular weight is 257 g/mol. The Hall–Kier alpha value is -0.350. The first-order valence-electron chi connectivity index (χ1n) is 2.99. The van der Waals surface area contributed by atoms with Crippen LogP contribution in [0.5, 0.6) is 5.75 Å². The summed E-state index contributed by atoms with van der Waals surface area (Å²) in [5, 5.41) is 0.341. The molecule has 1 aromatic rings. The van der Waals surface area contributed by atoms with E-state index in [1.807, 2.05) is 0 Å². The third-order valence-electron chi connectivity index (χ3n) is 1.12. The van der Waals surface area contributed by atoms with Crippen molar-refractivity contribution in [2.24, 2.45) is 0 Å². The predicted octanol–water partition coefficient (Wildman–Crippen LogP) is 3.70. The zero-order valence-corrected chi connectivity index (χ0v) is 8.07. The van der Waals surface area contributed by atoms with Gasteiger partial charge < -0.3 is 4.74 Å². The Morgan fingerprint density at radius 3 is 2.58 bits per heavy atom. The Morgan fingerprint density at radius 1 is 1.42 bits per heavy atom. The van der Waals surface area contributed by atoms with Gasteiger partial charge in [0.25, 0.3) is 0 Å². The van der Waals surface area contributed by atoms with E-state index in [1.54, 1.807) is 6.07 Å². The van der Waals surface area contributed by atoms with Gasteiger partial charge in [-0.3, -0.25) is 0 Å². The lowest BCUT2D eigenvalue weighted by Crippen LogP contribution is -2.01. The molecule has 0 N–H and O–H groups in total. The van der Waals surface area contributed by atoms with E-state index in [-0.39, 0.29) is 5.75 Å². The fourth-order valence-electron chi connectivity index (χ4n) is 0.653. The molecule has 66 valence electrons. The molecule has 0 radical (unpaired) electrons. The number of benzene rings is 1. The Bertz CT molecular complexity index is 280. The van der Waals surface area contributed by atoms with Crippen LogP contribution in [0.2, 0.25) is 5.02 Å². The molecule has 0 heterocycles. The van der Waals surface area contributed by atoms with E-state index >= 15 is 0 Å². The van der Waals surface area contributed by atoms with Gasteiger partial charge in [-0.15, -0.1) is 0 Å². The van der Waals surface area contributed by atoms with Crippen molar-refractivity contribution in [1.29, 1.82) is 0 Å². The van der Waals surface area contributed by atoms with Crippen molar-refractivity contribution in [2.45, 2.75) is 6.61 Å². The number of alkyl halides is 2. The lowest BCUT2D eigenvalue weighted by atomic mass is 10.3. The van der Waals surface area contributed by atoms with Crippen molar-refractivity contribution in [3.63, 3.8) is 0 Å². The SMILES string of the molecule is FC(F)Oc1ccc(Br)c(Cl)c1.